The van der Waals surface area contributed by atoms with Gasteiger partial charge in [0, 0.05) is 11.3 Å². The van der Waals surface area contributed by atoms with Crippen molar-refractivity contribution in [3.63, 3.8) is 0 Å². The second-order valence-electron chi connectivity index (χ2n) is 6.32. The molecule has 0 N–H and O–H groups in total. The molecule has 21 heavy (non-hydrogen) atoms. The summed E-state index contributed by atoms with van der Waals surface area (Å²) in [7, 11) is -0.0673. The summed E-state index contributed by atoms with van der Waals surface area (Å²) in [6, 6.07) is 22.4. The van der Waals surface area contributed by atoms with Crippen LogP contribution in [0.3, 0.4) is 0 Å². The molecule has 2 heterocycles. The van der Waals surface area contributed by atoms with E-state index in [1.165, 1.54) is 6.42 Å². The largest absolute Gasteiger partial charge is 0.0660 e. The first-order chi connectivity index (χ1) is 10.3. The van der Waals surface area contributed by atoms with Gasteiger partial charge in [-0.1, -0.05) is 79.7 Å². The van der Waals surface area contributed by atoms with E-state index in [-0.39, 0.29) is 7.92 Å². The minimum absolute atomic E-state index is 0.0673. The van der Waals surface area contributed by atoms with Crippen LogP contribution in [0, 0.1) is 0 Å². The first kappa shape index (κ1) is 13.3. The molecule has 2 aliphatic heterocycles. The van der Waals surface area contributed by atoms with Crippen molar-refractivity contribution in [2.75, 3.05) is 0 Å². The molecule has 2 bridgehead atoms. The molecular weight excluding hydrogens is 271 g/mol. The summed E-state index contributed by atoms with van der Waals surface area (Å²) in [5, 5.41) is 1.59. The molecule has 2 aromatic rings. The maximum absolute atomic E-state index is 2.38. The second-order valence-corrected chi connectivity index (χ2v) is 8.83. The van der Waals surface area contributed by atoms with Gasteiger partial charge < -0.3 is 0 Å². The van der Waals surface area contributed by atoms with Crippen molar-refractivity contribution in [1.29, 1.82) is 0 Å². The van der Waals surface area contributed by atoms with Crippen LogP contribution >= 0.6 is 7.92 Å². The molecule has 0 aromatic heterocycles. The molecule has 0 spiro atoms. The molecule has 2 aromatic carbocycles. The fourth-order valence-corrected chi connectivity index (χ4v) is 8.18. The number of allylic oxidation sites excluding steroid dienone is 2. The van der Waals surface area contributed by atoms with E-state index in [1.54, 1.807) is 22.0 Å². The Kier molecular flexibility index (Phi) is 3.23. The van der Waals surface area contributed by atoms with Gasteiger partial charge in [0.15, 0.2) is 0 Å². The van der Waals surface area contributed by atoms with E-state index in [0.717, 1.165) is 17.2 Å². The van der Waals surface area contributed by atoms with Gasteiger partial charge in [-0.2, -0.15) is 0 Å². The summed E-state index contributed by atoms with van der Waals surface area (Å²) < 4.78 is 0. The summed E-state index contributed by atoms with van der Waals surface area (Å²) in [4.78, 5) is 0. The fourth-order valence-electron chi connectivity index (χ4n) is 4.22. The van der Waals surface area contributed by atoms with Crippen LogP contribution in [0.1, 0.15) is 31.7 Å². The average Bonchev–Trinajstić information content (AvgIpc) is 3.04. The van der Waals surface area contributed by atoms with Crippen molar-refractivity contribution in [3.8, 4) is 0 Å². The van der Waals surface area contributed by atoms with E-state index in [9.17, 15) is 0 Å². The van der Waals surface area contributed by atoms with E-state index in [0.29, 0.717) is 0 Å². The minimum Gasteiger partial charge on any atom is -0.0660 e. The van der Waals surface area contributed by atoms with Crippen LogP contribution in [-0.2, 0) is 0 Å². The van der Waals surface area contributed by atoms with Crippen molar-refractivity contribution >= 4 is 13.2 Å². The molecule has 2 aliphatic rings. The Bertz CT molecular complexity index is 671. The van der Waals surface area contributed by atoms with Gasteiger partial charge in [0.25, 0.3) is 0 Å². The van der Waals surface area contributed by atoms with Gasteiger partial charge in [-0.3, -0.25) is 0 Å². The van der Waals surface area contributed by atoms with E-state index >= 15 is 0 Å². The van der Waals surface area contributed by atoms with Gasteiger partial charge >= 0.3 is 0 Å². The highest BCUT2D eigenvalue weighted by Gasteiger charge is 2.50. The normalized spacial score (nSPS) is 31.0. The Labute approximate surface area is 128 Å². The maximum Gasteiger partial charge on any atom is 0.0115 e. The molecule has 1 fully saturated rings. The summed E-state index contributed by atoms with van der Waals surface area (Å²) in [6.45, 7) is 4.76. The van der Waals surface area contributed by atoms with Gasteiger partial charge in [0.1, 0.15) is 0 Å². The molecule has 0 saturated carbocycles. The summed E-state index contributed by atoms with van der Waals surface area (Å²) in [5.41, 5.74) is 6.46. The third-order valence-electron chi connectivity index (χ3n) is 5.34. The molecule has 4 atom stereocenters. The van der Waals surface area contributed by atoms with Crippen LogP contribution in [0.5, 0.6) is 0 Å². The quantitative estimate of drug-likeness (QED) is 0.535. The lowest BCUT2D eigenvalue weighted by atomic mass is 9.81. The smallest absolute Gasteiger partial charge is 0.0115 e. The zero-order valence-corrected chi connectivity index (χ0v) is 13.6. The molecular formula is C20H21P. The monoisotopic (exact) mass is 292 g/mol. The lowest BCUT2D eigenvalue weighted by Crippen LogP contribution is -2.16. The predicted molar refractivity (Wildman–Crippen MR) is 92.7 cm³/mol. The van der Waals surface area contributed by atoms with Crippen LogP contribution in [0.15, 0.2) is 71.8 Å². The Morgan fingerprint density at radius 2 is 1.43 bits per heavy atom. The number of hydrogen-bond acceptors (Lipinski definition) is 0. The zero-order chi connectivity index (χ0) is 14.4. The standard InChI is InChI=1S/C20H21P/c1-14-15(2)20-18(16-9-5-3-6-10-16)13-19(14)21(20)17-11-7-4-8-12-17/h3-12,18-20H,13H2,1-2H3/t18-,19+,20+,21?/m1/s1. The van der Waals surface area contributed by atoms with Crippen LogP contribution in [0.25, 0.3) is 0 Å². The van der Waals surface area contributed by atoms with Crippen LogP contribution < -0.4 is 5.30 Å². The van der Waals surface area contributed by atoms with Crippen molar-refractivity contribution in [2.45, 2.75) is 37.5 Å². The predicted octanol–water partition coefficient (Wildman–Crippen LogP) is 5.07. The average molecular weight is 292 g/mol. The minimum atomic E-state index is -0.0673. The van der Waals surface area contributed by atoms with Gasteiger partial charge in [-0.25, -0.2) is 0 Å². The van der Waals surface area contributed by atoms with Gasteiger partial charge in [-0.05, 0) is 37.1 Å². The summed E-state index contributed by atoms with van der Waals surface area (Å²) in [6.07, 6.45) is 1.35. The third-order valence-corrected chi connectivity index (χ3v) is 8.85. The number of benzene rings is 2. The van der Waals surface area contributed by atoms with Gasteiger partial charge in [0.05, 0.1) is 0 Å². The lowest BCUT2D eigenvalue weighted by Gasteiger charge is -2.25. The maximum atomic E-state index is 2.38. The van der Waals surface area contributed by atoms with E-state index in [1.807, 2.05) is 0 Å². The van der Waals surface area contributed by atoms with Crippen molar-refractivity contribution < 1.29 is 0 Å². The molecule has 0 amide bonds. The number of rotatable bonds is 2. The molecule has 1 saturated heterocycles. The van der Waals surface area contributed by atoms with Crippen LogP contribution in [0.4, 0.5) is 0 Å². The van der Waals surface area contributed by atoms with Crippen LogP contribution in [-0.4, -0.2) is 11.3 Å². The Morgan fingerprint density at radius 3 is 2.10 bits per heavy atom. The highest BCUT2D eigenvalue weighted by atomic mass is 31.1. The summed E-state index contributed by atoms with van der Waals surface area (Å²) >= 11 is 0. The molecule has 1 unspecified atom stereocenters. The van der Waals surface area contributed by atoms with Crippen LogP contribution in [0.2, 0.25) is 0 Å². The SMILES string of the molecule is CC1=C(C)[C@H]2[C@@H](c3ccccc3)C[C@@H]1P2c1ccccc1. The Hall–Kier alpha value is -1.39. The molecule has 0 aliphatic carbocycles. The molecule has 4 rings (SSSR count). The number of fused-ring (bicyclic) bond motifs is 2. The summed E-state index contributed by atoms with van der Waals surface area (Å²) in [5.74, 6) is 0.728. The molecule has 106 valence electrons. The zero-order valence-electron chi connectivity index (χ0n) is 12.7. The van der Waals surface area contributed by atoms with Gasteiger partial charge in [-0.15, -0.1) is 0 Å². The van der Waals surface area contributed by atoms with Gasteiger partial charge in [0.2, 0.25) is 0 Å². The highest BCUT2D eigenvalue weighted by Crippen LogP contribution is 2.69. The molecule has 1 heteroatoms. The first-order valence-electron chi connectivity index (χ1n) is 7.83. The van der Waals surface area contributed by atoms with E-state index < -0.39 is 0 Å². The Balaban J connectivity index is 1.77. The topological polar surface area (TPSA) is 0 Å². The highest BCUT2D eigenvalue weighted by molar-refractivity contribution is 7.68. The van der Waals surface area contributed by atoms with Crippen molar-refractivity contribution in [2.24, 2.45) is 0 Å². The number of hydrogen-bond donors (Lipinski definition) is 0. The first-order valence-corrected chi connectivity index (χ1v) is 9.31. The van der Waals surface area contributed by atoms with Crippen molar-refractivity contribution in [1.82, 2.24) is 0 Å². The van der Waals surface area contributed by atoms with E-state index in [2.05, 4.69) is 74.5 Å². The molecule has 0 nitrogen and oxygen atoms in total. The van der Waals surface area contributed by atoms with E-state index in [4.69, 9.17) is 0 Å². The lowest BCUT2D eigenvalue weighted by molar-refractivity contribution is 0.638. The third kappa shape index (κ3) is 2.00. The van der Waals surface area contributed by atoms with Crippen molar-refractivity contribution in [3.05, 3.63) is 77.4 Å². The Morgan fingerprint density at radius 1 is 0.810 bits per heavy atom. The fraction of sp³-hybridized carbons (Fsp3) is 0.300. The molecule has 0 radical (unpaired) electrons. The second kappa shape index (κ2) is 5.11.